The number of aromatic nitrogens is 1. The van der Waals surface area contributed by atoms with E-state index in [1.807, 2.05) is 12.1 Å². The highest BCUT2D eigenvalue weighted by Gasteiger charge is 2.41. The Morgan fingerprint density at radius 3 is 2.47 bits per heavy atom. The topological polar surface area (TPSA) is 68.2 Å². The van der Waals surface area contributed by atoms with Crippen LogP contribution in [-0.4, -0.2) is 28.5 Å². The molecule has 4 heteroatoms. The van der Waals surface area contributed by atoms with E-state index >= 15 is 0 Å². The maximum atomic E-state index is 6.61. The van der Waals surface area contributed by atoms with Gasteiger partial charge in [-0.15, -0.1) is 0 Å². The first-order valence-electron chi connectivity index (χ1n) is 7.36. The first kappa shape index (κ1) is 14.3. The summed E-state index contributed by atoms with van der Waals surface area (Å²) in [6, 6.07) is 3.86. The van der Waals surface area contributed by atoms with Crippen molar-refractivity contribution in [2.75, 3.05) is 18.8 Å². The molecule has 1 atom stereocenters. The van der Waals surface area contributed by atoms with E-state index < -0.39 is 0 Å². The van der Waals surface area contributed by atoms with Crippen LogP contribution in [-0.2, 0) is 0 Å². The highest BCUT2D eigenvalue weighted by molar-refractivity contribution is 5.42. The van der Waals surface area contributed by atoms with Crippen LogP contribution in [0.15, 0.2) is 18.3 Å². The van der Waals surface area contributed by atoms with E-state index in [1.54, 1.807) is 6.20 Å². The standard InChI is InChI=1S/C15H26N4/c1-3-15(4-2,19-10-5-6-11-19)13(16)12-8-7-9-18-14(12)17/h7-9,13H,3-6,10-11,16H2,1-2H3,(H2,17,18). The van der Waals surface area contributed by atoms with Gasteiger partial charge in [-0.2, -0.15) is 0 Å². The maximum Gasteiger partial charge on any atom is 0.128 e. The third-order valence-electron chi connectivity index (χ3n) is 4.75. The van der Waals surface area contributed by atoms with Gasteiger partial charge >= 0.3 is 0 Å². The number of nitrogens with two attached hydrogens (primary N) is 2. The molecule has 1 saturated heterocycles. The van der Waals surface area contributed by atoms with E-state index in [-0.39, 0.29) is 11.6 Å². The summed E-state index contributed by atoms with van der Waals surface area (Å²) in [7, 11) is 0. The minimum absolute atomic E-state index is 0.00759. The molecule has 1 aliphatic rings. The Balaban J connectivity index is 2.35. The third-order valence-corrected chi connectivity index (χ3v) is 4.75. The van der Waals surface area contributed by atoms with Crippen LogP contribution >= 0.6 is 0 Å². The number of pyridine rings is 1. The van der Waals surface area contributed by atoms with Crippen LogP contribution in [0.4, 0.5) is 5.82 Å². The summed E-state index contributed by atoms with van der Waals surface area (Å²) in [6.07, 6.45) is 6.35. The van der Waals surface area contributed by atoms with Crippen molar-refractivity contribution in [3.8, 4) is 0 Å². The van der Waals surface area contributed by atoms with E-state index in [4.69, 9.17) is 11.5 Å². The highest BCUT2D eigenvalue weighted by Crippen LogP contribution is 2.39. The first-order valence-corrected chi connectivity index (χ1v) is 7.36. The molecule has 2 rings (SSSR count). The highest BCUT2D eigenvalue weighted by atomic mass is 15.2. The normalized spacial score (nSPS) is 18.7. The van der Waals surface area contributed by atoms with Crippen LogP contribution in [0, 0.1) is 0 Å². The SMILES string of the molecule is CCC(CC)(C(N)c1cccnc1N)N1CCCC1. The van der Waals surface area contributed by atoms with Gasteiger partial charge in [0.2, 0.25) is 0 Å². The zero-order chi connectivity index (χ0) is 13.9. The van der Waals surface area contributed by atoms with Gasteiger partial charge in [0.15, 0.2) is 0 Å². The predicted octanol–water partition coefficient (Wildman–Crippen LogP) is 2.32. The number of nitrogen functional groups attached to an aromatic ring is 1. The summed E-state index contributed by atoms with van der Waals surface area (Å²) in [5, 5.41) is 0. The molecule has 1 aromatic rings. The molecule has 0 spiro atoms. The largest absolute Gasteiger partial charge is 0.383 e. The second-order valence-electron chi connectivity index (χ2n) is 5.46. The van der Waals surface area contributed by atoms with Crippen molar-refractivity contribution in [2.24, 2.45) is 5.73 Å². The lowest BCUT2D eigenvalue weighted by molar-refractivity contribution is 0.0768. The quantitative estimate of drug-likeness (QED) is 0.854. The lowest BCUT2D eigenvalue weighted by Gasteiger charge is -2.45. The first-order chi connectivity index (χ1) is 9.15. The van der Waals surface area contributed by atoms with Crippen LogP contribution in [0.1, 0.15) is 51.1 Å². The molecule has 0 aliphatic carbocycles. The second-order valence-corrected chi connectivity index (χ2v) is 5.46. The average Bonchev–Trinajstić information content (AvgIpc) is 2.96. The zero-order valence-corrected chi connectivity index (χ0v) is 12.1. The molecule has 0 amide bonds. The van der Waals surface area contributed by atoms with Crippen molar-refractivity contribution in [2.45, 2.75) is 51.1 Å². The van der Waals surface area contributed by atoms with Crippen molar-refractivity contribution < 1.29 is 0 Å². The summed E-state index contributed by atoms with van der Waals surface area (Å²) in [5.74, 6) is 0.570. The van der Waals surface area contributed by atoms with Crippen LogP contribution < -0.4 is 11.5 Å². The lowest BCUT2D eigenvalue weighted by Crippen LogP contribution is -2.53. The van der Waals surface area contributed by atoms with Gasteiger partial charge in [0.1, 0.15) is 5.82 Å². The second kappa shape index (κ2) is 5.88. The Morgan fingerprint density at radius 2 is 1.95 bits per heavy atom. The van der Waals surface area contributed by atoms with Gasteiger partial charge in [-0.1, -0.05) is 19.9 Å². The fourth-order valence-corrected chi connectivity index (χ4v) is 3.48. The monoisotopic (exact) mass is 262 g/mol. The number of hydrogen-bond donors (Lipinski definition) is 2. The zero-order valence-electron chi connectivity index (χ0n) is 12.1. The van der Waals surface area contributed by atoms with Gasteiger partial charge in [0.25, 0.3) is 0 Å². The molecule has 106 valence electrons. The molecule has 0 saturated carbocycles. The Morgan fingerprint density at radius 1 is 1.32 bits per heavy atom. The predicted molar refractivity (Wildman–Crippen MR) is 79.7 cm³/mol. The molecule has 4 N–H and O–H groups in total. The number of anilines is 1. The molecular weight excluding hydrogens is 236 g/mol. The van der Waals surface area contributed by atoms with Gasteiger partial charge in [-0.05, 0) is 44.8 Å². The van der Waals surface area contributed by atoms with Crippen molar-refractivity contribution in [3.05, 3.63) is 23.9 Å². The third kappa shape index (κ3) is 2.47. The van der Waals surface area contributed by atoms with Crippen LogP contribution in [0.25, 0.3) is 0 Å². The molecule has 1 aliphatic heterocycles. The van der Waals surface area contributed by atoms with Gasteiger partial charge in [-0.3, -0.25) is 4.90 Å². The van der Waals surface area contributed by atoms with E-state index in [0.717, 1.165) is 31.5 Å². The number of likely N-dealkylation sites (tertiary alicyclic amines) is 1. The minimum atomic E-state index is -0.0747. The molecule has 0 bridgehead atoms. The van der Waals surface area contributed by atoms with Crippen molar-refractivity contribution in [1.29, 1.82) is 0 Å². The van der Waals surface area contributed by atoms with E-state index in [0.29, 0.717) is 5.82 Å². The summed E-state index contributed by atoms with van der Waals surface area (Å²) < 4.78 is 0. The Hall–Kier alpha value is -1.13. The summed E-state index contributed by atoms with van der Waals surface area (Å²) in [6.45, 7) is 6.76. The fraction of sp³-hybridized carbons (Fsp3) is 0.667. The van der Waals surface area contributed by atoms with Crippen molar-refractivity contribution >= 4 is 5.82 Å². The van der Waals surface area contributed by atoms with Crippen LogP contribution in [0.2, 0.25) is 0 Å². The molecule has 1 fully saturated rings. The fourth-order valence-electron chi connectivity index (χ4n) is 3.48. The van der Waals surface area contributed by atoms with Gasteiger partial charge in [-0.25, -0.2) is 4.98 Å². The Bertz CT molecular complexity index is 408. The maximum absolute atomic E-state index is 6.61. The van der Waals surface area contributed by atoms with Gasteiger partial charge in [0.05, 0.1) is 6.04 Å². The average molecular weight is 262 g/mol. The molecule has 1 aromatic heterocycles. The van der Waals surface area contributed by atoms with Crippen LogP contribution in [0.3, 0.4) is 0 Å². The van der Waals surface area contributed by atoms with E-state index in [1.165, 1.54) is 12.8 Å². The number of nitrogens with zero attached hydrogens (tertiary/aromatic N) is 2. The number of rotatable bonds is 5. The molecule has 19 heavy (non-hydrogen) atoms. The molecular formula is C15H26N4. The minimum Gasteiger partial charge on any atom is -0.383 e. The van der Waals surface area contributed by atoms with E-state index in [9.17, 15) is 0 Å². The summed E-state index contributed by atoms with van der Waals surface area (Å²) in [4.78, 5) is 6.75. The van der Waals surface area contributed by atoms with Crippen molar-refractivity contribution in [3.63, 3.8) is 0 Å². The molecule has 0 aromatic carbocycles. The van der Waals surface area contributed by atoms with Gasteiger partial charge in [0, 0.05) is 17.3 Å². The van der Waals surface area contributed by atoms with Crippen molar-refractivity contribution in [1.82, 2.24) is 9.88 Å². The summed E-state index contributed by atoms with van der Waals surface area (Å²) in [5.41, 5.74) is 13.6. The van der Waals surface area contributed by atoms with Gasteiger partial charge < -0.3 is 11.5 Å². The molecule has 2 heterocycles. The molecule has 1 unspecified atom stereocenters. The number of hydrogen-bond acceptors (Lipinski definition) is 4. The van der Waals surface area contributed by atoms with Crippen LogP contribution in [0.5, 0.6) is 0 Å². The molecule has 4 nitrogen and oxygen atoms in total. The Labute approximate surface area is 116 Å². The smallest absolute Gasteiger partial charge is 0.128 e. The lowest BCUT2D eigenvalue weighted by atomic mass is 9.80. The Kier molecular flexibility index (Phi) is 4.42. The van der Waals surface area contributed by atoms with E-state index in [2.05, 4.69) is 23.7 Å². The molecule has 0 radical (unpaired) electrons. The summed E-state index contributed by atoms with van der Waals surface area (Å²) >= 11 is 0.